The molecule has 3 N–H and O–H groups in total. The van der Waals surface area contributed by atoms with Crippen LogP contribution >= 0.6 is 15.9 Å². The first-order valence-corrected chi connectivity index (χ1v) is 27.7. The molecule has 4 fully saturated rings. The van der Waals surface area contributed by atoms with Crippen LogP contribution in [0.1, 0.15) is 135 Å². The molecular weight excluding hydrogens is 1040 g/mol. The van der Waals surface area contributed by atoms with E-state index in [-0.39, 0.29) is 47.5 Å². The summed E-state index contributed by atoms with van der Waals surface area (Å²) in [6.45, 7) is 20.2. The number of nitrogens with zero attached hydrogens (tertiary/aromatic N) is 7. The minimum atomic E-state index is -0.511. The van der Waals surface area contributed by atoms with Crippen molar-refractivity contribution in [1.29, 1.82) is 5.41 Å². The average molecular weight is 1120 g/mol. The molecule has 5 aromatic rings. The number of aromatic nitrogens is 4. The van der Waals surface area contributed by atoms with Gasteiger partial charge in [0.15, 0.2) is 17.0 Å². The van der Waals surface area contributed by atoms with Crippen LogP contribution in [-0.4, -0.2) is 157 Å². The van der Waals surface area contributed by atoms with Crippen LogP contribution in [0.4, 0.5) is 5.82 Å². The van der Waals surface area contributed by atoms with E-state index < -0.39 is 11.9 Å². The molecule has 2 saturated carbocycles. The normalized spacial score (nSPS) is 16.5. The molecule has 0 atom stereocenters. The number of anilines is 1. The van der Waals surface area contributed by atoms with Crippen molar-refractivity contribution in [1.82, 2.24) is 39.8 Å². The number of hydrogen-bond acceptors (Lipinski definition) is 15. The Morgan fingerprint density at radius 2 is 1.26 bits per heavy atom. The Morgan fingerprint density at radius 1 is 0.727 bits per heavy atom. The van der Waals surface area contributed by atoms with Crippen molar-refractivity contribution >= 4 is 56.5 Å². The molecule has 0 bridgehead atoms. The number of carbonyl (C=O) groups excluding carboxylic acids is 3. The van der Waals surface area contributed by atoms with Crippen molar-refractivity contribution in [3.8, 4) is 28.1 Å². The van der Waals surface area contributed by atoms with Gasteiger partial charge in [-0.1, -0.05) is 78.7 Å². The van der Waals surface area contributed by atoms with Gasteiger partial charge in [0.2, 0.25) is 11.8 Å². The summed E-state index contributed by atoms with van der Waals surface area (Å²) in [4.78, 5) is 53.9. The first kappa shape index (κ1) is 60.0. The van der Waals surface area contributed by atoms with Gasteiger partial charge >= 0.3 is 23.2 Å². The number of carbonyl (C=O) groups is 3. The Hall–Kier alpha value is -6.21. The van der Waals surface area contributed by atoms with Gasteiger partial charge in [0.1, 0.15) is 5.82 Å². The zero-order chi connectivity index (χ0) is 55.6. The number of nitrogens with one attached hydrogen (secondary N) is 3. The Kier molecular flexibility index (Phi) is 23.0. The van der Waals surface area contributed by atoms with E-state index in [0.29, 0.717) is 34.0 Å². The third kappa shape index (κ3) is 16.4. The molecular formula is C58H77BrN10O8. The van der Waals surface area contributed by atoms with E-state index in [1.165, 1.54) is 40.2 Å². The predicted molar refractivity (Wildman–Crippen MR) is 302 cm³/mol. The summed E-state index contributed by atoms with van der Waals surface area (Å²) in [5, 5.41) is 21.1. The third-order valence-electron chi connectivity index (χ3n) is 14.0. The van der Waals surface area contributed by atoms with E-state index >= 15 is 0 Å². The van der Waals surface area contributed by atoms with E-state index in [1.54, 1.807) is 12.1 Å². The molecule has 2 saturated heterocycles. The summed E-state index contributed by atoms with van der Waals surface area (Å²) in [5.41, 5.74) is 5.48. The summed E-state index contributed by atoms with van der Waals surface area (Å²) in [7, 11) is 6.93. The predicted octanol–water partition coefficient (Wildman–Crippen LogP) is 9.84. The zero-order valence-electron chi connectivity index (χ0n) is 46.1. The van der Waals surface area contributed by atoms with Crippen LogP contribution in [0.3, 0.4) is 0 Å². The van der Waals surface area contributed by atoms with Crippen molar-refractivity contribution in [3.05, 3.63) is 94.3 Å². The quantitative estimate of drug-likeness (QED) is 0.0349. The van der Waals surface area contributed by atoms with Crippen molar-refractivity contribution in [2.45, 2.75) is 116 Å². The van der Waals surface area contributed by atoms with Crippen LogP contribution in [-0.2, 0) is 18.9 Å². The average Bonchev–Trinajstić information content (AvgIpc) is 3.86. The number of ether oxygens (including phenoxy) is 4. The number of fused-ring (bicyclic) bond motifs is 1. The number of hydrogen-bond donors (Lipinski definition) is 3. The van der Waals surface area contributed by atoms with Gasteiger partial charge in [-0.15, -0.1) is 5.10 Å². The number of piperazine rings is 2. The molecule has 4 aliphatic rings. The van der Waals surface area contributed by atoms with Crippen LogP contribution < -0.4 is 15.4 Å². The molecule has 0 radical (unpaired) electrons. The van der Waals surface area contributed by atoms with Gasteiger partial charge < -0.3 is 44.3 Å². The number of rotatable bonds is 12. The van der Waals surface area contributed by atoms with E-state index in [9.17, 15) is 14.4 Å². The molecule has 3 aromatic heterocycles. The van der Waals surface area contributed by atoms with E-state index in [4.69, 9.17) is 39.1 Å². The molecule has 19 heteroatoms. The summed E-state index contributed by atoms with van der Waals surface area (Å²) < 4.78 is 32.3. The summed E-state index contributed by atoms with van der Waals surface area (Å²) in [6.07, 6.45) is 10.9. The van der Waals surface area contributed by atoms with Gasteiger partial charge in [0.25, 0.3) is 5.91 Å². The monoisotopic (exact) mass is 1120 g/mol. The van der Waals surface area contributed by atoms with Crippen molar-refractivity contribution < 1.29 is 38.0 Å². The van der Waals surface area contributed by atoms with Crippen LogP contribution in [0, 0.1) is 12.1 Å². The maximum absolute atomic E-state index is 13.1. The Morgan fingerprint density at radius 3 is 1.81 bits per heavy atom. The Labute approximate surface area is 462 Å². The van der Waals surface area contributed by atoms with Crippen LogP contribution in [0.2, 0.25) is 0 Å². The minimum absolute atomic E-state index is 0.0325. The summed E-state index contributed by atoms with van der Waals surface area (Å²) in [6, 6.07) is 19.2. The molecule has 0 spiro atoms. The van der Waals surface area contributed by atoms with Gasteiger partial charge in [-0.3, -0.25) is 10.2 Å². The molecule has 2 aliphatic heterocycles. The molecule has 5 heterocycles. The number of esters is 2. The van der Waals surface area contributed by atoms with Crippen molar-refractivity contribution in [2.75, 3.05) is 86.0 Å². The molecule has 2 aliphatic carbocycles. The number of amides is 1. The molecule has 18 nitrogen and oxygen atoms in total. The van der Waals surface area contributed by atoms with Crippen molar-refractivity contribution in [3.63, 3.8) is 0 Å². The van der Waals surface area contributed by atoms with E-state index in [0.717, 1.165) is 117 Å². The summed E-state index contributed by atoms with van der Waals surface area (Å²) in [5.74, 6) is 0.0602. The molecule has 9 rings (SSSR count). The fourth-order valence-electron chi connectivity index (χ4n) is 9.87. The zero-order valence-corrected chi connectivity index (χ0v) is 47.7. The molecule has 77 heavy (non-hydrogen) atoms. The Balaban J connectivity index is 0.000000219. The first-order chi connectivity index (χ1) is 37.1. The van der Waals surface area contributed by atoms with Gasteiger partial charge in [-0.05, 0) is 115 Å². The number of methoxy groups -OCH3 is 2. The number of benzene rings is 2. The molecule has 414 valence electrons. The van der Waals surface area contributed by atoms with E-state index in [1.807, 2.05) is 85.8 Å². The second-order valence-electron chi connectivity index (χ2n) is 20.4. The Bertz CT molecular complexity index is 2760. The molecule has 1 amide bonds. The van der Waals surface area contributed by atoms with Gasteiger partial charge in [-0.2, -0.15) is 0 Å². The summed E-state index contributed by atoms with van der Waals surface area (Å²) >= 11 is 3.46. The number of likely N-dealkylation sites (N-methyl/N-ethyl adjacent to an activating group) is 2. The number of pyridine rings is 2. The SMILES string of the molecule is CN1CCNCC1.COC(=O)c1cc(-c2ccc(Br)cc2)c(C(=N)OC(C)C)c(NC2CCCCC2)n1.COC(=O)c1cc(-c2ccc(C(=O)N3CCN(C)CC3)cc2)c2c(OC(C)C)nn(C3CCCCC3)c2n1.[C-]#[O+]. The fourth-order valence-corrected chi connectivity index (χ4v) is 10.1. The first-order valence-electron chi connectivity index (χ1n) is 26.9. The number of halogens is 1. The van der Waals surface area contributed by atoms with Crippen LogP contribution in [0.5, 0.6) is 5.88 Å². The van der Waals surface area contributed by atoms with E-state index in [2.05, 4.69) is 62.1 Å². The maximum atomic E-state index is 13.1. The third-order valence-corrected chi connectivity index (χ3v) is 14.5. The second-order valence-corrected chi connectivity index (χ2v) is 21.3. The van der Waals surface area contributed by atoms with Crippen LogP contribution in [0.25, 0.3) is 33.3 Å². The van der Waals surface area contributed by atoms with Gasteiger partial charge in [0.05, 0.1) is 43.4 Å². The standard InChI is InChI=1S/C29H37N5O4.C23H28BrN3O3.C5H12N2.CO/c1-19(2)38-27-25-23(20-10-12-21(13-11-20)28(35)33-16-14-32(3)15-17-33)18-24(29(36)37-4)30-26(25)34(31-27)22-8-6-5-7-9-22;1-14(2)30-21(25)20-18(15-9-11-16(24)12-10-15)13-19(23(28)29-3)27-22(20)26-17-7-5-4-6-8-17;1-7-4-2-6-3-5-7;1-2/h10-13,18-19,22H,5-9,14-17H2,1-4H3;9-14,17,25H,4-8H2,1-3H3,(H,26,27);6H,2-5H2,1H3;. The van der Waals surface area contributed by atoms with Gasteiger partial charge in [-0.25, -0.2) is 24.2 Å². The van der Waals surface area contributed by atoms with Gasteiger partial charge in [0, 0.05) is 79.6 Å². The topological polar surface area (TPSA) is 209 Å². The van der Waals surface area contributed by atoms with Crippen LogP contribution in [0.15, 0.2) is 65.1 Å². The molecule has 0 unspecified atom stereocenters. The second kappa shape index (κ2) is 29.5. The van der Waals surface area contributed by atoms with Crippen molar-refractivity contribution in [2.24, 2.45) is 0 Å². The fraction of sp³-hybridized carbons (Fsp3) is 0.517. The molecule has 2 aromatic carbocycles.